The molecule has 0 N–H and O–H groups in total. The van der Waals surface area contributed by atoms with Crippen LogP contribution in [0.1, 0.15) is 0 Å². The first-order chi connectivity index (χ1) is 29.1. The van der Waals surface area contributed by atoms with Crippen molar-refractivity contribution in [1.82, 2.24) is 19.5 Å². The number of hydrogen-bond acceptors (Lipinski definition) is 4. The highest BCUT2D eigenvalue weighted by Gasteiger charge is 2.50. The third-order valence-corrected chi connectivity index (χ3v) is 13.9. The van der Waals surface area contributed by atoms with Crippen molar-refractivity contribution in [3.8, 4) is 39.6 Å². The van der Waals surface area contributed by atoms with Gasteiger partial charge in [-0.1, -0.05) is 146 Å². The monoisotopic (exact) mass is 778 g/mol. The first-order valence-electron chi connectivity index (χ1n) is 19.6. The Morgan fingerprint density at radius 1 is 0.373 bits per heavy atom. The summed E-state index contributed by atoms with van der Waals surface area (Å²) in [5.74, 6) is 1.29. The van der Waals surface area contributed by atoms with Crippen molar-refractivity contribution in [3.63, 3.8) is 0 Å². The van der Waals surface area contributed by atoms with Crippen LogP contribution in [0.25, 0.3) is 61.4 Å². The second kappa shape index (κ2) is 14.1. The largest absolute Gasteiger partial charge is 0.309 e. The molecule has 7 nitrogen and oxygen atoms in total. The van der Waals surface area contributed by atoms with Gasteiger partial charge in [0.2, 0.25) is 5.95 Å². The van der Waals surface area contributed by atoms with Crippen LogP contribution in [0.3, 0.4) is 0 Å². The van der Waals surface area contributed by atoms with Gasteiger partial charge >= 0.3 is 7.44 Å². The Morgan fingerprint density at radius 3 is 1.53 bits per heavy atom. The van der Waals surface area contributed by atoms with Crippen molar-refractivity contribution in [2.75, 3.05) is 9.34 Å². The van der Waals surface area contributed by atoms with E-state index in [4.69, 9.17) is 15.0 Å². The second-order valence-corrected chi connectivity index (χ2v) is 16.9. The Morgan fingerprint density at radius 2 is 0.881 bits per heavy atom. The molecule has 0 spiro atoms. The normalized spacial score (nSPS) is 14.8. The van der Waals surface area contributed by atoms with Crippen LogP contribution in [0.2, 0.25) is 0 Å². The fourth-order valence-electron chi connectivity index (χ4n) is 8.28. The molecular weight excluding hydrogens is 744 g/mol. The van der Waals surface area contributed by atoms with Gasteiger partial charge in [-0.2, -0.15) is 9.97 Å². The van der Waals surface area contributed by atoms with Gasteiger partial charge in [-0.15, -0.1) is 0 Å². The molecule has 59 heavy (non-hydrogen) atoms. The number of aromatic nitrogens is 4. The van der Waals surface area contributed by atoms with E-state index in [1.807, 2.05) is 137 Å². The average molecular weight is 779 g/mol. The van der Waals surface area contributed by atoms with Gasteiger partial charge in [-0.25, -0.2) is 9.65 Å². The number of hydrogen-bond donors (Lipinski definition) is 0. The smallest absolute Gasteiger partial charge is 0.304 e. The van der Waals surface area contributed by atoms with Gasteiger partial charge in [0, 0.05) is 33.3 Å². The maximum Gasteiger partial charge on any atom is 0.304 e. The molecule has 0 bridgehead atoms. The maximum atomic E-state index is 16.7. The van der Waals surface area contributed by atoms with Crippen molar-refractivity contribution in [2.24, 2.45) is 0 Å². The van der Waals surface area contributed by atoms with E-state index in [1.54, 1.807) is 0 Å². The zero-order valence-corrected chi connectivity index (χ0v) is 32.6. The molecule has 8 aromatic carbocycles. The van der Waals surface area contributed by atoms with E-state index in [2.05, 4.69) is 89.5 Å². The van der Waals surface area contributed by atoms with Gasteiger partial charge in [-0.3, -0.25) is 9.24 Å². The zero-order chi connectivity index (χ0) is 39.3. The average Bonchev–Trinajstić information content (AvgIpc) is 3.79. The van der Waals surface area contributed by atoms with Crippen molar-refractivity contribution in [1.29, 1.82) is 0 Å². The summed E-state index contributed by atoms with van der Waals surface area (Å²) < 4.78 is 22.9. The summed E-state index contributed by atoms with van der Waals surface area (Å²) in [4.78, 5) is 15.2. The van der Waals surface area contributed by atoms with Crippen molar-refractivity contribution >= 4 is 57.6 Å². The van der Waals surface area contributed by atoms with Crippen LogP contribution in [-0.4, -0.2) is 19.5 Å². The van der Waals surface area contributed by atoms with Gasteiger partial charge in [0.15, 0.2) is 11.6 Å². The first kappa shape index (κ1) is 34.6. The van der Waals surface area contributed by atoms with Gasteiger partial charge in [0.05, 0.1) is 27.7 Å². The molecule has 0 radical (unpaired) electrons. The number of para-hydroxylation sites is 3. The Bertz CT molecular complexity index is 3140. The lowest BCUT2D eigenvalue weighted by molar-refractivity contribution is 0.582. The SMILES string of the molecule is O=P1(c2ccccc2)N(c2ccccc2)c2cc(-c3ccc4c(c3)c3ccccc3n4-c3ccccc3)ccc2N1c1nc(-c2ccccc2)nc(-c2ccccc2)n1. The van der Waals surface area contributed by atoms with E-state index in [1.165, 1.54) is 5.39 Å². The number of nitrogens with zero attached hydrogens (tertiary/aromatic N) is 6. The molecule has 1 aliphatic heterocycles. The number of rotatable bonds is 7. The van der Waals surface area contributed by atoms with E-state index in [-0.39, 0.29) is 0 Å². The summed E-state index contributed by atoms with van der Waals surface area (Å²) in [5, 5.41) is 2.99. The lowest BCUT2D eigenvalue weighted by atomic mass is 10.0. The van der Waals surface area contributed by atoms with Crippen LogP contribution in [0.15, 0.2) is 212 Å². The topological polar surface area (TPSA) is 67.2 Å². The maximum absolute atomic E-state index is 16.7. The van der Waals surface area contributed by atoms with Gasteiger partial charge in [0.1, 0.15) is 0 Å². The summed E-state index contributed by atoms with van der Waals surface area (Å²) >= 11 is 0. The Balaban J connectivity index is 1.15. The lowest BCUT2D eigenvalue weighted by Gasteiger charge is -2.32. The van der Waals surface area contributed by atoms with Crippen LogP contribution in [0.5, 0.6) is 0 Å². The molecule has 8 heteroatoms. The third-order valence-electron chi connectivity index (χ3n) is 11.0. The molecule has 1 aliphatic rings. The highest BCUT2D eigenvalue weighted by molar-refractivity contribution is 7.76. The quantitative estimate of drug-likeness (QED) is 0.150. The highest BCUT2D eigenvalue weighted by atomic mass is 31.2. The molecule has 0 aliphatic carbocycles. The Labute approximate surface area is 341 Å². The van der Waals surface area contributed by atoms with Crippen molar-refractivity contribution in [2.45, 2.75) is 0 Å². The van der Waals surface area contributed by atoms with Crippen LogP contribution in [0.4, 0.5) is 23.0 Å². The summed E-state index contributed by atoms with van der Waals surface area (Å²) in [6.07, 6.45) is 0. The van der Waals surface area contributed by atoms with Crippen molar-refractivity contribution < 1.29 is 4.57 Å². The van der Waals surface area contributed by atoms with E-state index < -0.39 is 7.44 Å². The summed E-state index contributed by atoms with van der Waals surface area (Å²) in [5.41, 5.74) is 9.42. The van der Waals surface area contributed by atoms with Crippen LogP contribution < -0.4 is 14.6 Å². The molecule has 1 atom stereocenters. The molecule has 2 aromatic heterocycles. The van der Waals surface area contributed by atoms with Gasteiger partial charge in [-0.05, 0) is 77.9 Å². The summed E-state index contributed by atoms with van der Waals surface area (Å²) in [7, 11) is -3.79. The molecule has 0 fully saturated rings. The molecule has 1 unspecified atom stereocenters. The minimum absolute atomic E-state index is 0.299. The van der Waals surface area contributed by atoms with E-state index in [0.29, 0.717) is 22.9 Å². The van der Waals surface area contributed by atoms with E-state index in [0.717, 1.165) is 61.4 Å². The lowest BCUT2D eigenvalue weighted by Crippen LogP contribution is -2.27. The van der Waals surface area contributed by atoms with E-state index in [9.17, 15) is 0 Å². The number of anilines is 4. The number of fused-ring (bicyclic) bond motifs is 4. The molecule has 10 aromatic rings. The molecular formula is C51H35N6OP. The van der Waals surface area contributed by atoms with E-state index >= 15 is 4.57 Å². The highest BCUT2D eigenvalue weighted by Crippen LogP contribution is 2.70. The Kier molecular flexibility index (Phi) is 8.28. The van der Waals surface area contributed by atoms with Crippen LogP contribution in [-0.2, 0) is 4.57 Å². The predicted molar refractivity (Wildman–Crippen MR) is 241 cm³/mol. The predicted octanol–water partition coefficient (Wildman–Crippen LogP) is 12.8. The molecule has 3 heterocycles. The van der Waals surface area contributed by atoms with Crippen molar-refractivity contribution in [3.05, 3.63) is 212 Å². The third kappa shape index (κ3) is 5.74. The molecule has 280 valence electrons. The van der Waals surface area contributed by atoms with Gasteiger partial charge < -0.3 is 4.57 Å². The molecule has 0 saturated carbocycles. The minimum Gasteiger partial charge on any atom is -0.309 e. The molecule has 11 rings (SSSR count). The number of benzene rings is 8. The summed E-state index contributed by atoms with van der Waals surface area (Å²) in [6, 6.07) is 71.5. The molecule has 0 saturated heterocycles. The van der Waals surface area contributed by atoms with Gasteiger partial charge in [0.25, 0.3) is 0 Å². The van der Waals surface area contributed by atoms with Crippen LogP contribution >= 0.6 is 7.44 Å². The molecule has 0 amide bonds. The fourth-order valence-corrected chi connectivity index (χ4v) is 11.2. The summed E-state index contributed by atoms with van der Waals surface area (Å²) in [6.45, 7) is 0. The standard InChI is InChI=1S/C51H35N6OP/c58-59(42-26-14-5-15-27-42)56(41-24-12-4-13-25-41)48-35-39(38-30-32-46-44(34-38)43-28-16-17-29-45(43)55(46)40-22-10-3-11-23-40)31-33-47(48)57(59)51-53-49(36-18-6-1-7-19-36)52-50(54-51)37-20-8-2-9-21-37/h1-35H. The van der Waals surface area contributed by atoms with Crippen LogP contribution in [0, 0.1) is 0 Å². The zero-order valence-electron chi connectivity index (χ0n) is 31.7. The Hall–Kier alpha value is -7.60. The minimum atomic E-state index is -3.79. The second-order valence-electron chi connectivity index (χ2n) is 14.5. The fraction of sp³-hybridized carbons (Fsp3) is 0. The first-order valence-corrected chi connectivity index (χ1v) is 21.2.